The number of amides is 2. The minimum Gasteiger partial charge on any atom is -0.495 e. The highest BCUT2D eigenvalue weighted by Gasteiger charge is 2.38. The van der Waals surface area contributed by atoms with Gasteiger partial charge < -0.3 is 15.4 Å². The number of carbonyl (C=O) groups excluding carboxylic acids is 2. The molecule has 2 N–H and O–H groups in total. The van der Waals surface area contributed by atoms with Gasteiger partial charge in [-0.25, -0.2) is 0 Å². The first-order valence-electron chi connectivity index (χ1n) is 6.80. The van der Waals surface area contributed by atoms with Crippen molar-refractivity contribution in [2.75, 3.05) is 12.4 Å². The maximum atomic E-state index is 12.3. The average molecular weight is 311 g/mol. The quantitative estimate of drug-likeness (QED) is 0.821. The van der Waals surface area contributed by atoms with Crippen LogP contribution in [-0.4, -0.2) is 25.0 Å². The van der Waals surface area contributed by atoms with Crippen molar-refractivity contribution in [2.24, 2.45) is 5.41 Å². The van der Waals surface area contributed by atoms with Gasteiger partial charge in [0.15, 0.2) is 0 Å². The second-order valence-electron chi connectivity index (χ2n) is 5.68. The van der Waals surface area contributed by atoms with Crippen LogP contribution >= 0.6 is 11.6 Å². The lowest BCUT2D eigenvalue weighted by Gasteiger charge is -2.22. The van der Waals surface area contributed by atoms with Gasteiger partial charge in [0.05, 0.1) is 12.1 Å². The summed E-state index contributed by atoms with van der Waals surface area (Å²) in [6.45, 7) is 3.20. The van der Waals surface area contributed by atoms with Gasteiger partial charge in [-0.1, -0.05) is 11.6 Å². The molecule has 1 aromatic rings. The zero-order chi connectivity index (χ0) is 15.6. The van der Waals surface area contributed by atoms with Crippen molar-refractivity contribution in [1.82, 2.24) is 5.32 Å². The summed E-state index contributed by atoms with van der Waals surface area (Å²) in [7, 11) is 1.52. The molecule has 0 unspecified atom stereocenters. The molecule has 0 aliphatic heterocycles. The van der Waals surface area contributed by atoms with Crippen LogP contribution < -0.4 is 15.4 Å². The lowest BCUT2D eigenvalue weighted by Crippen LogP contribution is -2.45. The Bertz CT molecular complexity index is 568. The van der Waals surface area contributed by atoms with E-state index in [0.717, 1.165) is 12.8 Å². The Morgan fingerprint density at radius 2 is 1.95 bits per heavy atom. The van der Waals surface area contributed by atoms with Crippen LogP contribution in [0.2, 0.25) is 5.02 Å². The Labute approximate surface area is 129 Å². The lowest BCUT2D eigenvalue weighted by molar-refractivity contribution is -0.138. The van der Waals surface area contributed by atoms with Crippen LogP contribution in [0.1, 0.15) is 26.7 Å². The van der Waals surface area contributed by atoms with E-state index in [-0.39, 0.29) is 17.9 Å². The zero-order valence-corrected chi connectivity index (χ0v) is 13.1. The molecule has 1 aromatic carbocycles. The molecule has 21 heavy (non-hydrogen) atoms. The molecule has 5 nitrogen and oxygen atoms in total. The van der Waals surface area contributed by atoms with E-state index in [2.05, 4.69) is 10.6 Å². The Morgan fingerprint density at radius 1 is 1.29 bits per heavy atom. The van der Waals surface area contributed by atoms with Crippen molar-refractivity contribution >= 4 is 29.1 Å². The van der Waals surface area contributed by atoms with E-state index in [4.69, 9.17) is 16.3 Å². The third kappa shape index (κ3) is 3.67. The molecular formula is C15H19ClN2O3. The van der Waals surface area contributed by atoms with Gasteiger partial charge >= 0.3 is 0 Å². The number of hydrogen-bond donors (Lipinski definition) is 2. The normalized spacial score (nSPS) is 14.5. The van der Waals surface area contributed by atoms with Gasteiger partial charge in [-0.05, 0) is 44.9 Å². The maximum Gasteiger partial charge on any atom is 0.239 e. The number of nitrogens with one attached hydrogen (secondary N) is 2. The van der Waals surface area contributed by atoms with Crippen LogP contribution in [0.15, 0.2) is 18.2 Å². The fourth-order valence-electron chi connectivity index (χ4n) is 1.73. The summed E-state index contributed by atoms with van der Waals surface area (Å²) in [6, 6.07) is 5.15. The predicted octanol–water partition coefficient (Wildman–Crippen LogP) is 2.59. The van der Waals surface area contributed by atoms with E-state index in [1.807, 2.05) is 0 Å². The summed E-state index contributed by atoms with van der Waals surface area (Å²) in [5.41, 5.74) is -0.618. The van der Waals surface area contributed by atoms with Crippen molar-refractivity contribution in [3.63, 3.8) is 0 Å². The molecule has 0 heterocycles. The van der Waals surface area contributed by atoms with Crippen LogP contribution in [0.5, 0.6) is 5.75 Å². The minimum atomic E-state index is -1.14. The zero-order valence-electron chi connectivity index (χ0n) is 12.3. The van der Waals surface area contributed by atoms with E-state index in [1.165, 1.54) is 7.11 Å². The maximum absolute atomic E-state index is 12.3. The smallest absolute Gasteiger partial charge is 0.239 e. The molecule has 0 saturated heterocycles. The molecule has 0 atom stereocenters. The number of benzene rings is 1. The van der Waals surface area contributed by atoms with E-state index in [9.17, 15) is 9.59 Å². The highest BCUT2D eigenvalue weighted by molar-refractivity contribution is 6.32. The standard InChI is InChI=1S/C15H19ClN2O3/c1-15(2,13(19)17-9-4-5-9)14(20)18-10-6-7-12(21-3)11(16)8-10/h6-9H,4-5H2,1-3H3,(H,17,19)(H,18,20). The van der Waals surface area contributed by atoms with Crippen LogP contribution in [0, 0.1) is 5.41 Å². The van der Waals surface area contributed by atoms with Crippen LogP contribution in [0.4, 0.5) is 5.69 Å². The van der Waals surface area contributed by atoms with Crippen molar-refractivity contribution in [3.8, 4) is 5.75 Å². The van der Waals surface area contributed by atoms with Gasteiger partial charge in [0.2, 0.25) is 11.8 Å². The largest absolute Gasteiger partial charge is 0.495 e. The van der Waals surface area contributed by atoms with Crippen molar-refractivity contribution in [2.45, 2.75) is 32.7 Å². The fourth-order valence-corrected chi connectivity index (χ4v) is 1.99. The molecule has 1 saturated carbocycles. The second-order valence-corrected chi connectivity index (χ2v) is 6.08. The molecular weight excluding hydrogens is 292 g/mol. The first-order chi connectivity index (χ1) is 9.84. The molecule has 0 radical (unpaired) electrons. The van der Waals surface area contributed by atoms with Crippen molar-refractivity contribution < 1.29 is 14.3 Å². The molecule has 2 amide bonds. The number of halogens is 1. The SMILES string of the molecule is COc1ccc(NC(=O)C(C)(C)C(=O)NC2CC2)cc1Cl. The second kappa shape index (κ2) is 5.93. The molecule has 1 aliphatic carbocycles. The third-order valence-corrected chi connectivity index (χ3v) is 3.75. The summed E-state index contributed by atoms with van der Waals surface area (Å²) in [5.74, 6) is -0.107. The van der Waals surface area contributed by atoms with E-state index in [1.54, 1.807) is 32.0 Å². The van der Waals surface area contributed by atoms with Gasteiger partial charge in [-0.15, -0.1) is 0 Å². The topological polar surface area (TPSA) is 67.4 Å². The van der Waals surface area contributed by atoms with Crippen LogP contribution in [0.25, 0.3) is 0 Å². The highest BCUT2D eigenvalue weighted by atomic mass is 35.5. The summed E-state index contributed by atoms with van der Waals surface area (Å²) in [4.78, 5) is 24.4. The van der Waals surface area contributed by atoms with E-state index < -0.39 is 5.41 Å². The van der Waals surface area contributed by atoms with Crippen LogP contribution in [0.3, 0.4) is 0 Å². The fraction of sp³-hybridized carbons (Fsp3) is 0.467. The number of carbonyl (C=O) groups is 2. The summed E-state index contributed by atoms with van der Waals surface area (Å²) in [6.07, 6.45) is 1.97. The van der Waals surface area contributed by atoms with Gasteiger partial charge in [0.1, 0.15) is 11.2 Å². The molecule has 0 aromatic heterocycles. The van der Waals surface area contributed by atoms with Gasteiger partial charge in [-0.2, -0.15) is 0 Å². The summed E-state index contributed by atoms with van der Waals surface area (Å²) >= 11 is 6.01. The highest BCUT2D eigenvalue weighted by Crippen LogP contribution is 2.29. The molecule has 1 fully saturated rings. The van der Waals surface area contributed by atoms with E-state index >= 15 is 0 Å². The number of methoxy groups -OCH3 is 1. The monoisotopic (exact) mass is 310 g/mol. The summed E-state index contributed by atoms with van der Waals surface area (Å²) in [5, 5.41) is 5.95. The number of anilines is 1. The molecule has 6 heteroatoms. The number of hydrogen-bond acceptors (Lipinski definition) is 3. The third-order valence-electron chi connectivity index (χ3n) is 3.46. The average Bonchev–Trinajstić information content (AvgIpc) is 3.22. The molecule has 114 valence electrons. The van der Waals surface area contributed by atoms with Crippen molar-refractivity contribution in [1.29, 1.82) is 0 Å². The first kappa shape index (κ1) is 15.6. The first-order valence-corrected chi connectivity index (χ1v) is 7.18. The predicted molar refractivity (Wildman–Crippen MR) is 81.6 cm³/mol. The van der Waals surface area contributed by atoms with Gasteiger partial charge in [0, 0.05) is 11.7 Å². The van der Waals surface area contributed by atoms with Gasteiger partial charge in [0.25, 0.3) is 0 Å². The Morgan fingerprint density at radius 3 is 2.48 bits per heavy atom. The van der Waals surface area contributed by atoms with Crippen molar-refractivity contribution in [3.05, 3.63) is 23.2 Å². The van der Waals surface area contributed by atoms with E-state index in [0.29, 0.717) is 16.5 Å². The number of ether oxygens (including phenoxy) is 1. The molecule has 1 aliphatic rings. The molecule has 0 bridgehead atoms. The lowest BCUT2D eigenvalue weighted by atomic mass is 9.91. The summed E-state index contributed by atoms with van der Waals surface area (Å²) < 4.78 is 5.05. The Balaban J connectivity index is 2.05. The molecule has 0 spiro atoms. The number of rotatable bonds is 5. The molecule has 2 rings (SSSR count). The minimum absolute atomic E-state index is 0.222. The Hall–Kier alpha value is -1.75. The van der Waals surface area contributed by atoms with Gasteiger partial charge in [-0.3, -0.25) is 9.59 Å². The Kier molecular flexibility index (Phi) is 4.42. The van der Waals surface area contributed by atoms with Crippen LogP contribution in [-0.2, 0) is 9.59 Å².